The van der Waals surface area contributed by atoms with Crippen molar-refractivity contribution in [2.75, 3.05) is 12.9 Å². The zero-order valence-corrected chi connectivity index (χ0v) is 18.8. The van der Waals surface area contributed by atoms with Crippen molar-refractivity contribution < 1.29 is 9.53 Å². The van der Waals surface area contributed by atoms with E-state index in [0.717, 1.165) is 28.7 Å². The molecule has 3 rings (SSSR count). The minimum atomic E-state index is 0.0743. The number of benzene rings is 1. The van der Waals surface area contributed by atoms with Crippen LogP contribution in [0.2, 0.25) is 0 Å². The lowest BCUT2D eigenvalue weighted by atomic mass is 9.78. The van der Waals surface area contributed by atoms with E-state index >= 15 is 0 Å². The van der Waals surface area contributed by atoms with E-state index in [1.165, 1.54) is 24.6 Å². The molecule has 1 aliphatic rings. The van der Waals surface area contributed by atoms with Gasteiger partial charge >= 0.3 is 0 Å². The average molecular weight is 417 g/mol. The number of hydrogen-bond acceptors (Lipinski definition) is 5. The van der Waals surface area contributed by atoms with E-state index in [1.807, 2.05) is 24.3 Å². The van der Waals surface area contributed by atoms with Gasteiger partial charge in [0.1, 0.15) is 5.75 Å². The molecule has 0 bridgehead atoms. The lowest BCUT2D eigenvalue weighted by Crippen LogP contribution is -2.44. The number of hydrogen-bond donors (Lipinski definition) is 1. The van der Waals surface area contributed by atoms with Gasteiger partial charge in [0, 0.05) is 17.6 Å². The van der Waals surface area contributed by atoms with Crippen LogP contribution in [0.1, 0.15) is 53.0 Å². The Morgan fingerprint density at radius 1 is 1.24 bits per heavy atom. The van der Waals surface area contributed by atoms with Crippen LogP contribution in [0.5, 0.6) is 5.75 Å². The van der Waals surface area contributed by atoms with Crippen LogP contribution in [0.4, 0.5) is 0 Å². The molecule has 1 amide bonds. The van der Waals surface area contributed by atoms with Crippen LogP contribution >= 0.6 is 11.8 Å². The van der Waals surface area contributed by atoms with Gasteiger partial charge in [-0.1, -0.05) is 38.5 Å². The topological polar surface area (TPSA) is 69.0 Å². The Morgan fingerprint density at radius 2 is 1.97 bits per heavy atom. The van der Waals surface area contributed by atoms with Gasteiger partial charge in [0.15, 0.2) is 11.0 Å². The van der Waals surface area contributed by atoms with E-state index < -0.39 is 0 Å². The molecule has 0 radical (unpaired) electrons. The molecule has 29 heavy (non-hydrogen) atoms. The Balaban J connectivity index is 1.67. The summed E-state index contributed by atoms with van der Waals surface area (Å²) >= 11 is 1.45. The van der Waals surface area contributed by atoms with Crippen LogP contribution in [0, 0.1) is 11.8 Å². The molecule has 1 N–H and O–H groups in total. The van der Waals surface area contributed by atoms with Crippen molar-refractivity contribution >= 4 is 17.7 Å². The Labute approximate surface area is 177 Å². The molecule has 1 heterocycles. The second kappa shape index (κ2) is 9.65. The molecular weight excluding hydrogens is 384 g/mol. The van der Waals surface area contributed by atoms with Gasteiger partial charge in [0.2, 0.25) is 5.91 Å². The van der Waals surface area contributed by atoms with Gasteiger partial charge in [0.25, 0.3) is 0 Å². The first-order valence-electron chi connectivity index (χ1n) is 10.4. The van der Waals surface area contributed by atoms with Crippen molar-refractivity contribution in [3.63, 3.8) is 0 Å². The molecule has 0 aliphatic heterocycles. The SMILES string of the molecule is COc1ccc(-c2nnc(SCC(=O)N[C@H]3CCC[C@H](C)[C@H]3C)n2C(C)C)cc1. The first kappa shape index (κ1) is 21.7. The molecule has 6 nitrogen and oxygen atoms in total. The molecule has 1 aromatic carbocycles. The van der Waals surface area contributed by atoms with Crippen molar-refractivity contribution in [1.82, 2.24) is 20.1 Å². The normalized spacial score (nSPS) is 21.9. The number of nitrogens with zero attached hydrogens (tertiary/aromatic N) is 3. The number of amides is 1. The fourth-order valence-electron chi connectivity index (χ4n) is 3.94. The number of nitrogens with one attached hydrogen (secondary N) is 1. The van der Waals surface area contributed by atoms with Crippen LogP contribution < -0.4 is 10.1 Å². The summed E-state index contributed by atoms with van der Waals surface area (Å²) in [5, 5.41) is 12.8. The van der Waals surface area contributed by atoms with E-state index in [-0.39, 0.29) is 18.0 Å². The summed E-state index contributed by atoms with van der Waals surface area (Å²) < 4.78 is 7.33. The maximum atomic E-state index is 12.6. The lowest BCUT2D eigenvalue weighted by Gasteiger charge is -2.34. The second-order valence-corrected chi connectivity index (χ2v) is 9.17. The third-order valence-electron chi connectivity index (χ3n) is 5.91. The van der Waals surface area contributed by atoms with Crippen LogP contribution in [-0.4, -0.2) is 39.6 Å². The van der Waals surface area contributed by atoms with Crippen molar-refractivity contribution in [3.8, 4) is 17.1 Å². The molecule has 1 saturated carbocycles. The van der Waals surface area contributed by atoms with Gasteiger partial charge < -0.3 is 10.1 Å². The van der Waals surface area contributed by atoms with Gasteiger partial charge in [-0.3, -0.25) is 9.36 Å². The monoisotopic (exact) mass is 416 g/mol. The van der Waals surface area contributed by atoms with Crippen molar-refractivity contribution in [2.45, 2.75) is 64.2 Å². The van der Waals surface area contributed by atoms with E-state index in [0.29, 0.717) is 17.6 Å². The maximum absolute atomic E-state index is 12.6. The Morgan fingerprint density at radius 3 is 2.62 bits per heavy atom. The number of methoxy groups -OCH3 is 1. The van der Waals surface area contributed by atoms with Crippen LogP contribution in [0.15, 0.2) is 29.4 Å². The predicted octanol–water partition coefficient (Wildman–Crippen LogP) is 4.57. The number of carbonyl (C=O) groups excluding carboxylic acids is 1. The van der Waals surface area contributed by atoms with E-state index in [1.54, 1.807) is 7.11 Å². The molecule has 0 unspecified atom stereocenters. The highest BCUT2D eigenvalue weighted by Crippen LogP contribution is 2.31. The first-order valence-corrected chi connectivity index (χ1v) is 11.4. The van der Waals surface area contributed by atoms with Crippen molar-refractivity contribution in [2.24, 2.45) is 11.8 Å². The molecule has 158 valence electrons. The van der Waals surface area contributed by atoms with E-state index in [2.05, 4.69) is 47.8 Å². The zero-order chi connectivity index (χ0) is 21.0. The van der Waals surface area contributed by atoms with Crippen molar-refractivity contribution in [3.05, 3.63) is 24.3 Å². The zero-order valence-electron chi connectivity index (χ0n) is 18.0. The molecule has 0 spiro atoms. The highest BCUT2D eigenvalue weighted by molar-refractivity contribution is 7.99. The van der Waals surface area contributed by atoms with Crippen LogP contribution in [-0.2, 0) is 4.79 Å². The minimum Gasteiger partial charge on any atom is -0.497 e. The molecule has 2 aromatic rings. The summed E-state index contributed by atoms with van der Waals surface area (Å²) in [4.78, 5) is 12.6. The maximum Gasteiger partial charge on any atom is 0.230 e. The van der Waals surface area contributed by atoms with E-state index in [9.17, 15) is 4.79 Å². The van der Waals surface area contributed by atoms with Gasteiger partial charge in [0.05, 0.1) is 12.9 Å². The Hall–Kier alpha value is -2.02. The highest BCUT2D eigenvalue weighted by atomic mass is 32.2. The molecule has 1 aromatic heterocycles. The summed E-state index contributed by atoms with van der Waals surface area (Å²) in [6.45, 7) is 8.74. The minimum absolute atomic E-state index is 0.0743. The number of carbonyl (C=O) groups is 1. The van der Waals surface area contributed by atoms with Gasteiger partial charge in [-0.2, -0.15) is 0 Å². The highest BCUT2D eigenvalue weighted by Gasteiger charge is 2.28. The lowest BCUT2D eigenvalue weighted by molar-refractivity contribution is -0.120. The fraction of sp³-hybridized carbons (Fsp3) is 0.591. The number of ether oxygens (including phenoxy) is 1. The molecule has 1 aliphatic carbocycles. The standard InChI is InChI=1S/C22H32N4O2S/c1-14(2)26-21(17-9-11-18(28-5)12-10-17)24-25-22(26)29-13-20(27)23-19-8-6-7-15(3)16(19)4/h9-12,14-16,19H,6-8,13H2,1-5H3,(H,23,27)/t15-,16+,19-/m0/s1. The summed E-state index contributed by atoms with van der Waals surface area (Å²) in [7, 11) is 1.65. The molecule has 3 atom stereocenters. The summed E-state index contributed by atoms with van der Waals surface area (Å²) in [5.74, 6) is 3.23. The quantitative estimate of drug-likeness (QED) is 0.670. The summed E-state index contributed by atoms with van der Waals surface area (Å²) in [6, 6.07) is 8.27. The number of thioether (sulfide) groups is 1. The van der Waals surface area contributed by atoms with E-state index in [4.69, 9.17) is 4.74 Å². The Bertz CT molecular complexity index is 819. The third-order valence-corrected chi connectivity index (χ3v) is 6.86. The summed E-state index contributed by atoms with van der Waals surface area (Å²) in [5.41, 5.74) is 0.980. The van der Waals surface area contributed by atoms with Gasteiger partial charge in [-0.15, -0.1) is 10.2 Å². The largest absolute Gasteiger partial charge is 0.497 e. The molecule has 1 fully saturated rings. The smallest absolute Gasteiger partial charge is 0.230 e. The number of rotatable bonds is 7. The van der Waals surface area contributed by atoms with Crippen molar-refractivity contribution in [1.29, 1.82) is 0 Å². The molecular formula is C22H32N4O2S. The predicted molar refractivity (Wildman–Crippen MR) is 117 cm³/mol. The molecule has 0 saturated heterocycles. The average Bonchev–Trinajstić information content (AvgIpc) is 3.14. The fourth-order valence-corrected chi connectivity index (χ4v) is 4.82. The van der Waals surface area contributed by atoms with Crippen LogP contribution in [0.25, 0.3) is 11.4 Å². The third kappa shape index (κ3) is 5.13. The van der Waals surface area contributed by atoms with Crippen LogP contribution in [0.3, 0.4) is 0 Å². The second-order valence-electron chi connectivity index (χ2n) is 8.23. The number of aromatic nitrogens is 3. The Kier molecular flexibility index (Phi) is 7.22. The summed E-state index contributed by atoms with van der Waals surface area (Å²) in [6.07, 6.45) is 3.52. The first-order chi connectivity index (χ1) is 13.9. The van der Waals surface area contributed by atoms with Gasteiger partial charge in [-0.25, -0.2) is 0 Å². The van der Waals surface area contributed by atoms with Gasteiger partial charge in [-0.05, 0) is 56.4 Å². The molecule has 7 heteroatoms.